The van der Waals surface area contributed by atoms with Crippen LogP contribution < -0.4 is 0 Å². The third-order valence-corrected chi connectivity index (χ3v) is 1.44. The predicted octanol–water partition coefficient (Wildman–Crippen LogP) is -1.90. The van der Waals surface area contributed by atoms with Crippen LogP contribution in [0.5, 0.6) is 0 Å². The molecule has 54 valence electrons. The predicted molar refractivity (Wildman–Crippen MR) is 28.8 cm³/mol. The van der Waals surface area contributed by atoms with E-state index in [4.69, 9.17) is 20.1 Å². The van der Waals surface area contributed by atoms with Crippen LogP contribution in [0.1, 0.15) is 0 Å². The van der Waals surface area contributed by atoms with E-state index in [-0.39, 0.29) is 13.2 Å². The van der Waals surface area contributed by atoms with Gasteiger partial charge in [0.1, 0.15) is 18.3 Å². The Kier molecular flexibility index (Phi) is 2.02. The van der Waals surface area contributed by atoms with Crippen molar-refractivity contribution in [3.8, 4) is 0 Å². The molecule has 4 nitrogen and oxygen atoms in total. The van der Waals surface area contributed by atoms with Gasteiger partial charge in [0, 0.05) is 0 Å². The van der Waals surface area contributed by atoms with E-state index in [0.29, 0.717) is 0 Å². The van der Waals surface area contributed by atoms with E-state index in [1.807, 2.05) is 0 Å². The van der Waals surface area contributed by atoms with Crippen LogP contribution in [-0.2, 0) is 4.74 Å². The lowest BCUT2D eigenvalue weighted by molar-refractivity contribution is -0.00588. The highest BCUT2D eigenvalue weighted by atomic mass is 16.5. The molecule has 0 aromatic carbocycles. The van der Waals surface area contributed by atoms with Gasteiger partial charge in [-0.25, -0.2) is 0 Å². The molecule has 0 bridgehead atoms. The second kappa shape index (κ2) is 2.62. The van der Waals surface area contributed by atoms with Gasteiger partial charge in [-0.1, -0.05) is 0 Å². The number of aliphatic hydroxyl groups is 3. The van der Waals surface area contributed by atoms with Gasteiger partial charge in [-0.2, -0.15) is 0 Å². The first-order valence-electron chi connectivity index (χ1n) is 2.84. The summed E-state index contributed by atoms with van der Waals surface area (Å²) in [6, 6.07) is 0. The highest BCUT2D eigenvalue weighted by Crippen LogP contribution is 2.12. The maximum absolute atomic E-state index is 8.92. The van der Waals surface area contributed by atoms with Crippen LogP contribution >= 0.6 is 0 Å². The van der Waals surface area contributed by atoms with Gasteiger partial charge in [-0.05, 0) is 0 Å². The van der Waals surface area contributed by atoms with Crippen molar-refractivity contribution in [1.82, 2.24) is 0 Å². The molecule has 0 radical (unpaired) electrons. The van der Waals surface area contributed by atoms with Gasteiger partial charge in [0.25, 0.3) is 0 Å². The van der Waals surface area contributed by atoms with Crippen LogP contribution in [0.3, 0.4) is 0 Å². The van der Waals surface area contributed by atoms with E-state index in [1.165, 1.54) is 0 Å². The van der Waals surface area contributed by atoms with Crippen molar-refractivity contribution in [2.45, 2.75) is 18.3 Å². The molecule has 3 atom stereocenters. The molecule has 1 saturated heterocycles. The highest BCUT2D eigenvalue weighted by Gasteiger charge is 2.33. The quantitative estimate of drug-likeness (QED) is 0.392. The van der Waals surface area contributed by atoms with Crippen LogP contribution in [0, 0.1) is 0 Å². The molecule has 0 aliphatic carbocycles. The van der Waals surface area contributed by atoms with Crippen molar-refractivity contribution in [2.75, 3.05) is 13.2 Å². The number of rotatable bonds is 1. The Balaban J connectivity index is 2.41. The summed E-state index contributed by atoms with van der Waals surface area (Å²) in [6.07, 6.45) is -2.35. The Hall–Kier alpha value is -0.160. The van der Waals surface area contributed by atoms with Gasteiger partial charge in [0.05, 0.1) is 13.2 Å². The Bertz CT molecular complexity index is 95.0. The molecule has 1 aliphatic heterocycles. The zero-order valence-electron chi connectivity index (χ0n) is 4.90. The van der Waals surface area contributed by atoms with Crippen molar-refractivity contribution in [3.63, 3.8) is 0 Å². The fourth-order valence-corrected chi connectivity index (χ4v) is 0.828. The molecule has 2 unspecified atom stereocenters. The van der Waals surface area contributed by atoms with Crippen molar-refractivity contribution in [3.05, 3.63) is 0 Å². The summed E-state index contributed by atoms with van der Waals surface area (Å²) < 4.78 is 4.78. The lowest BCUT2D eigenvalue weighted by Gasteiger charge is -2.10. The first-order chi connectivity index (χ1) is 4.25. The van der Waals surface area contributed by atoms with E-state index in [0.717, 1.165) is 0 Å². The molecule has 0 aromatic rings. The van der Waals surface area contributed by atoms with E-state index < -0.39 is 18.3 Å². The Morgan fingerprint density at radius 3 is 2.33 bits per heavy atom. The summed E-state index contributed by atoms with van der Waals surface area (Å²) in [5.41, 5.74) is 0. The standard InChI is InChI=1S/C5H10O4/c6-1-4-5(8)3(7)2-9-4/h3-8H,1-2H2/t3?,4?,5-/m0/s1. The van der Waals surface area contributed by atoms with Crippen LogP contribution in [0.2, 0.25) is 0 Å². The van der Waals surface area contributed by atoms with E-state index in [9.17, 15) is 0 Å². The molecule has 1 heterocycles. The molecule has 0 aromatic heterocycles. The zero-order valence-corrected chi connectivity index (χ0v) is 4.90. The second-order valence-electron chi connectivity index (χ2n) is 2.11. The molecule has 1 aliphatic rings. The Morgan fingerprint density at radius 2 is 2.11 bits per heavy atom. The first kappa shape index (κ1) is 6.95. The number of aliphatic hydroxyl groups excluding tert-OH is 3. The minimum absolute atomic E-state index is 0.117. The molecule has 3 N–H and O–H groups in total. The van der Waals surface area contributed by atoms with Gasteiger partial charge in [0.15, 0.2) is 0 Å². The highest BCUT2D eigenvalue weighted by molar-refractivity contribution is 4.81. The minimum atomic E-state index is -0.921. The molecule has 0 amide bonds. The van der Waals surface area contributed by atoms with Gasteiger partial charge in [-0.3, -0.25) is 0 Å². The Morgan fingerprint density at radius 1 is 1.44 bits per heavy atom. The van der Waals surface area contributed by atoms with Gasteiger partial charge in [-0.15, -0.1) is 0 Å². The molecule has 0 spiro atoms. The molecular formula is C5H10O4. The zero-order chi connectivity index (χ0) is 6.85. The summed E-state index contributed by atoms with van der Waals surface area (Å²) in [5, 5.41) is 26.2. The smallest absolute Gasteiger partial charge is 0.110 e. The van der Waals surface area contributed by atoms with Gasteiger partial charge >= 0.3 is 0 Å². The minimum Gasteiger partial charge on any atom is -0.394 e. The summed E-state index contributed by atoms with van der Waals surface area (Å²) in [5.74, 6) is 0. The molecule has 9 heavy (non-hydrogen) atoms. The fourth-order valence-electron chi connectivity index (χ4n) is 0.828. The number of hydrogen-bond acceptors (Lipinski definition) is 4. The van der Waals surface area contributed by atoms with Crippen molar-refractivity contribution < 1.29 is 20.1 Å². The van der Waals surface area contributed by atoms with Crippen molar-refractivity contribution in [2.24, 2.45) is 0 Å². The summed E-state index contributed by atoms with van der Waals surface area (Å²) in [6.45, 7) is -0.120. The fraction of sp³-hybridized carbons (Fsp3) is 1.00. The van der Waals surface area contributed by atoms with E-state index >= 15 is 0 Å². The van der Waals surface area contributed by atoms with Crippen LogP contribution in [-0.4, -0.2) is 46.8 Å². The molecular weight excluding hydrogens is 124 g/mol. The molecule has 1 fully saturated rings. The molecule has 1 rings (SSSR count). The summed E-state index contributed by atoms with van der Waals surface area (Å²) in [7, 11) is 0. The van der Waals surface area contributed by atoms with Gasteiger partial charge in [0.2, 0.25) is 0 Å². The van der Waals surface area contributed by atoms with Crippen molar-refractivity contribution in [1.29, 1.82) is 0 Å². The first-order valence-corrected chi connectivity index (χ1v) is 2.84. The van der Waals surface area contributed by atoms with E-state index in [2.05, 4.69) is 0 Å². The van der Waals surface area contributed by atoms with Crippen LogP contribution in [0.25, 0.3) is 0 Å². The lowest BCUT2D eigenvalue weighted by Crippen LogP contribution is -2.31. The molecule has 0 saturated carbocycles. The number of hydrogen-bond donors (Lipinski definition) is 3. The monoisotopic (exact) mass is 134 g/mol. The molecule has 4 heteroatoms. The second-order valence-corrected chi connectivity index (χ2v) is 2.11. The van der Waals surface area contributed by atoms with E-state index in [1.54, 1.807) is 0 Å². The van der Waals surface area contributed by atoms with Crippen LogP contribution in [0.4, 0.5) is 0 Å². The summed E-state index contributed by atoms with van der Waals surface area (Å²) >= 11 is 0. The Labute approximate surface area is 52.7 Å². The third kappa shape index (κ3) is 1.21. The SMILES string of the molecule is OCC1OCC(O)[C@@H]1O. The van der Waals surface area contributed by atoms with Gasteiger partial charge < -0.3 is 20.1 Å². The maximum atomic E-state index is 8.92. The maximum Gasteiger partial charge on any atom is 0.110 e. The van der Waals surface area contributed by atoms with Crippen molar-refractivity contribution >= 4 is 0 Å². The van der Waals surface area contributed by atoms with Crippen LogP contribution in [0.15, 0.2) is 0 Å². The normalized spacial score (nSPS) is 43.7. The number of ether oxygens (including phenoxy) is 1. The lowest BCUT2D eigenvalue weighted by atomic mass is 10.2. The topological polar surface area (TPSA) is 69.9 Å². The average molecular weight is 134 g/mol. The largest absolute Gasteiger partial charge is 0.394 e. The summed E-state index contributed by atoms with van der Waals surface area (Å²) in [4.78, 5) is 0. The third-order valence-electron chi connectivity index (χ3n) is 1.44. The average Bonchev–Trinajstić information content (AvgIpc) is 2.15.